The number of rotatable bonds is 3. The van der Waals surface area contributed by atoms with E-state index in [1.807, 2.05) is 18.2 Å². The highest BCUT2D eigenvalue weighted by atomic mass is 16.5. The van der Waals surface area contributed by atoms with Crippen LogP contribution in [0.5, 0.6) is 0 Å². The number of nitrogen functional groups attached to an aromatic ring is 1. The first-order chi connectivity index (χ1) is 9.11. The number of hydrogen-bond donors (Lipinski definition) is 3. The van der Waals surface area contributed by atoms with Crippen molar-refractivity contribution in [2.45, 2.75) is 6.92 Å². The first-order valence-corrected chi connectivity index (χ1v) is 5.92. The van der Waals surface area contributed by atoms with Crippen LogP contribution in [0.25, 0.3) is 10.8 Å². The normalized spacial score (nSPS) is 10.2. The Morgan fingerprint density at radius 2 is 2.16 bits per heavy atom. The summed E-state index contributed by atoms with van der Waals surface area (Å²) in [6.07, 6.45) is -0.497. The van der Waals surface area contributed by atoms with Crippen molar-refractivity contribution in [1.82, 2.24) is 0 Å². The molecular formula is C14H15N3O2. The maximum atomic E-state index is 11.5. The van der Waals surface area contributed by atoms with Crippen molar-refractivity contribution in [3.8, 4) is 0 Å². The van der Waals surface area contributed by atoms with Crippen LogP contribution in [-0.4, -0.2) is 18.5 Å². The fourth-order valence-electron chi connectivity index (χ4n) is 1.83. The highest BCUT2D eigenvalue weighted by Crippen LogP contribution is 2.24. The molecule has 0 radical (unpaired) electrons. The molecule has 0 fully saturated rings. The summed E-state index contributed by atoms with van der Waals surface area (Å²) in [5, 5.41) is 11.9. The van der Waals surface area contributed by atoms with Crippen molar-refractivity contribution in [1.29, 1.82) is 5.41 Å². The van der Waals surface area contributed by atoms with Gasteiger partial charge in [0, 0.05) is 10.9 Å². The van der Waals surface area contributed by atoms with E-state index in [0.29, 0.717) is 17.9 Å². The average molecular weight is 257 g/mol. The first kappa shape index (κ1) is 12.9. The smallest absolute Gasteiger partial charge is 0.411 e. The number of fused-ring (bicyclic) bond motifs is 1. The third kappa shape index (κ3) is 2.82. The van der Waals surface area contributed by atoms with Crippen LogP contribution < -0.4 is 11.1 Å². The Hall–Kier alpha value is -2.56. The van der Waals surface area contributed by atoms with Crippen molar-refractivity contribution >= 4 is 28.4 Å². The zero-order valence-electron chi connectivity index (χ0n) is 10.6. The number of benzene rings is 2. The molecule has 4 N–H and O–H groups in total. The van der Waals surface area contributed by atoms with Gasteiger partial charge < -0.3 is 10.5 Å². The number of carbonyl (C=O) groups excluding carboxylic acids is 1. The maximum absolute atomic E-state index is 11.5. The molecule has 0 aliphatic carbocycles. The number of amides is 1. The van der Waals surface area contributed by atoms with Crippen LogP contribution in [0.2, 0.25) is 0 Å². The Morgan fingerprint density at radius 3 is 2.84 bits per heavy atom. The molecule has 0 aliphatic rings. The number of ether oxygens (including phenoxy) is 1. The Kier molecular flexibility index (Phi) is 3.66. The van der Waals surface area contributed by atoms with Gasteiger partial charge in [0.25, 0.3) is 0 Å². The lowest BCUT2D eigenvalue weighted by Gasteiger charge is -2.09. The standard InChI is InChI=1S/C14H15N3O2/c1-2-19-14(18)17-12-5-3-4-9-6-7-10(13(15)16)8-11(9)12/h3-8H,2H2,1H3,(H3,15,16)(H,17,18). The lowest BCUT2D eigenvalue weighted by molar-refractivity contribution is 0.168. The highest BCUT2D eigenvalue weighted by molar-refractivity contribution is 6.04. The van der Waals surface area contributed by atoms with E-state index in [9.17, 15) is 4.79 Å². The van der Waals surface area contributed by atoms with Crippen molar-refractivity contribution in [2.24, 2.45) is 5.73 Å². The monoisotopic (exact) mass is 257 g/mol. The van der Waals surface area contributed by atoms with Gasteiger partial charge in [-0.3, -0.25) is 10.7 Å². The average Bonchev–Trinajstić information content (AvgIpc) is 2.38. The molecule has 2 aromatic carbocycles. The number of anilines is 1. The van der Waals surface area contributed by atoms with E-state index in [1.54, 1.807) is 25.1 Å². The van der Waals surface area contributed by atoms with E-state index in [2.05, 4.69) is 5.32 Å². The van der Waals surface area contributed by atoms with E-state index in [-0.39, 0.29) is 5.84 Å². The molecule has 0 atom stereocenters. The van der Waals surface area contributed by atoms with Crippen LogP contribution in [0.4, 0.5) is 10.5 Å². The summed E-state index contributed by atoms with van der Waals surface area (Å²) < 4.78 is 4.86. The SMILES string of the molecule is CCOC(=O)Nc1cccc2ccc(C(=N)N)cc12. The quantitative estimate of drug-likeness (QED) is 0.583. The van der Waals surface area contributed by atoms with E-state index < -0.39 is 6.09 Å². The summed E-state index contributed by atoms with van der Waals surface area (Å²) in [7, 11) is 0. The van der Waals surface area contributed by atoms with E-state index in [4.69, 9.17) is 15.9 Å². The molecule has 2 aromatic rings. The number of nitrogens with two attached hydrogens (primary N) is 1. The Bertz CT molecular complexity index is 638. The molecule has 5 nitrogen and oxygen atoms in total. The van der Waals surface area contributed by atoms with Gasteiger partial charge in [-0.1, -0.05) is 24.3 Å². The molecule has 0 heterocycles. The molecule has 19 heavy (non-hydrogen) atoms. The molecular weight excluding hydrogens is 242 g/mol. The number of carbonyl (C=O) groups is 1. The first-order valence-electron chi connectivity index (χ1n) is 5.92. The minimum atomic E-state index is -0.497. The maximum Gasteiger partial charge on any atom is 0.411 e. The van der Waals surface area contributed by atoms with Gasteiger partial charge in [0.1, 0.15) is 5.84 Å². The molecule has 2 rings (SSSR count). The van der Waals surface area contributed by atoms with Crippen LogP contribution in [0.15, 0.2) is 36.4 Å². The van der Waals surface area contributed by atoms with Gasteiger partial charge in [-0.15, -0.1) is 0 Å². The molecule has 0 spiro atoms. The highest BCUT2D eigenvalue weighted by Gasteiger charge is 2.07. The summed E-state index contributed by atoms with van der Waals surface area (Å²) in [4.78, 5) is 11.5. The lowest BCUT2D eigenvalue weighted by atomic mass is 10.0. The second kappa shape index (κ2) is 5.39. The summed E-state index contributed by atoms with van der Waals surface area (Å²) in [5.74, 6) is -0.00663. The number of nitrogens with one attached hydrogen (secondary N) is 2. The summed E-state index contributed by atoms with van der Waals surface area (Å²) >= 11 is 0. The van der Waals surface area contributed by atoms with Gasteiger partial charge in [0.15, 0.2) is 0 Å². The number of hydrogen-bond acceptors (Lipinski definition) is 3. The largest absolute Gasteiger partial charge is 0.450 e. The summed E-state index contributed by atoms with van der Waals surface area (Å²) in [5.41, 5.74) is 6.73. The molecule has 1 amide bonds. The third-order valence-corrected chi connectivity index (χ3v) is 2.71. The van der Waals surface area contributed by atoms with Gasteiger partial charge >= 0.3 is 6.09 Å². The molecule has 98 valence electrons. The zero-order chi connectivity index (χ0) is 13.8. The van der Waals surface area contributed by atoms with E-state index in [1.165, 1.54) is 0 Å². The fourth-order valence-corrected chi connectivity index (χ4v) is 1.83. The van der Waals surface area contributed by atoms with E-state index in [0.717, 1.165) is 10.8 Å². The Morgan fingerprint density at radius 1 is 1.37 bits per heavy atom. The van der Waals surface area contributed by atoms with Gasteiger partial charge in [0.05, 0.1) is 12.3 Å². The second-order valence-electron chi connectivity index (χ2n) is 4.00. The van der Waals surface area contributed by atoms with Crippen LogP contribution in [-0.2, 0) is 4.74 Å². The van der Waals surface area contributed by atoms with Crippen LogP contribution in [0, 0.1) is 5.41 Å². The zero-order valence-corrected chi connectivity index (χ0v) is 10.6. The Labute approximate surface area is 110 Å². The fraction of sp³-hybridized carbons (Fsp3) is 0.143. The minimum absolute atomic E-state index is 0.00663. The topological polar surface area (TPSA) is 88.2 Å². The molecule has 0 aromatic heterocycles. The lowest BCUT2D eigenvalue weighted by Crippen LogP contribution is -2.14. The predicted octanol–water partition coefficient (Wildman–Crippen LogP) is 2.69. The molecule has 5 heteroatoms. The molecule has 0 aliphatic heterocycles. The Balaban J connectivity index is 2.45. The van der Waals surface area contributed by atoms with Crippen molar-refractivity contribution in [3.63, 3.8) is 0 Å². The van der Waals surface area contributed by atoms with E-state index >= 15 is 0 Å². The molecule has 0 saturated heterocycles. The van der Waals surface area contributed by atoms with Crippen molar-refractivity contribution in [3.05, 3.63) is 42.0 Å². The van der Waals surface area contributed by atoms with Gasteiger partial charge in [-0.2, -0.15) is 0 Å². The van der Waals surface area contributed by atoms with Crippen LogP contribution in [0.3, 0.4) is 0 Å². The van der Waals surface area contributed by atoms with Crippen LogP contribution in [0.1, 0.15) is 12.5 Å². The van der Waals surface area contributed by atoms with Crippen molar-refractivity contribution in [2.75, 3.05) is 11.9 Å². The van der Waals surface area contributed by atoms with Gasteiger partial charge in [-0.05, 0) is 24.4 Å². The molecule has 0 saturated carbocycles. The number of amidine groups is 1. The summed E-state index contributed by atoms with van der Waals surface area (Å²) in [6.45, 7) is 2.06. The van der Waals surface area contributed by atoms with Gasteiger partial charge in [-0.25, -0.2) is 4.79 Å². The third-order valence-electron chi connectivity index (χ3n) is 2.71. The minimum Gasteiger partial charge on any atom is -0.450 e. The molecule has 0 unspecified atom stereocenters. The second-order valence-corrected chi connectivity index (χ2v) is 4.00. The molecule has 0 bridgehead atoms. The van der Waals surface area contributed by atoms with Gasteiger partial charge in [0.2, 0.25) is 0 Å². The predicted molar refractivity (Wildman–Crippen MR) is 75.6 cm³/mol. The van der Waals surface area contributed by atoms with Crippen LogP contribution >= 0.6 is 0 Å². The summed E-state index contributed by atoms with van der Waals surface area (Å²) in [6, 6.07) is 11.0. The van der Waals surface area contributed by atoms with Crippen molar-refractivity contribution < 1.29 is 9.53 Å².